The Morgan fingerprint density at radius 2 is 2.09 bits per heavy atom. The van der Waals surface area contributed by atoms with Crippen LogP contribution in [0.5, 0.6) is 0 Å². The summed E-state index contributed by atoms with van der Waals surface area (Å²) in [4.78, 5) is 25.9. The Labute approximate surface area is 135 Å². The number of rotatable bonds is 8. The van der Waals surface area contributed by atoms with Crippen LogP contribution in [-0.4, -0.2) is 51.1 Å². The Kier molecular flexibility index (Phi) is 7.22. The molecule has 22 heavy (non-hydrogen) atoms. The van der Waals surface area contributed by atoms with E-state index in [4.69, 9.17) is 5.21 Å². The lowest BCUT2D eigenvalue weighted by Crippen LogP contribution is -2.52. The number of carbonyl (C=O) groups is 2. The van der Waals surface area contributed by atoms with Gasteiger partial charge in [0, 0.05) is 11.3 Å². The van der Waals surface area contributed by atoms with Gasteiger partial charge in [0.25, 0.3) is 11.8 Å². The molecule has 2 amide bonds. The zero-order valence-corrected chi connectivity index (χ0v) is 14.4. The summed E-state index contributed by atoms with van der Waals surface area (Å²) < 4.78 is 0. The molecule has 0 saturated heterocycles. The zero-order chi connectivity index (χ0) is 16.9. The van der Waals surface area contributed by atoms with Crippen LogP contribution in [0.3, 0.4) is 0 Å². The van der Waals surface area contributed by atoms with Gasteiger partial charge in [-0.3, -0.25) is 14.8 Å². The van der Waals surface area contributed by atoms with Crippen LogP contribution in [0.4, 0.5) is 0 Å². The first-order valence-corrected chi connectivity index (χ1v) is 8.97. The van der Waals surface area contributed by atoms with E-state index in [9.17, 15) is 14.7 Å². The van der Waals surface area contributed by atoms with Gasteiger partial charge in [0.15, 0.2) is 5.76 Å². The third-order valence-electron chi connectivity index (χ3n) is 3.91. The highest BCUT2D eigenvalue weighted by Gasteiger charge is 2.45. The number of thioether (sulfide) groups is 1. The Bertz CT molecular complexity index is 451. The molecule has 2 unspecified atom stereocenters. The maximum atomic E-state index is 12.5. The number of carbonyl (C=O) groups excluding carboxylic acids is 2. The lowest BCUT2D eigenvalue weighted by molar-refractivity contribution is -0.144. The number of hydroxylamine groups is 1. The van der Waals surface area contributed by atoms with E-state index in [0.717, 1.165) is 12.8 Å². The molecule has 0 aromatic heterocycles. The molecule has 1 aliphatic rings. The highest BCUT2D eigenvalue weighted by Crippen LogP contribution is 2.34. The van der Waals surface area contributed by atoms with E-state index < -0.39 is 17.9 Å². The van der Waals surface area contributed by atoms with Crippen molar-refractivity contribution in [1.82, 2.24) is 10.4 Å². The van der Waals surface area contributed by atoms with Gasteiger partial charge in [0.05, 0.1) is 6.04 Å². The molecule has 0 aromatic carbocycles. The van der Waals surface area contributed by atoms with Crippen LogP contribution in [0.1, 0.15) is 40.0 Å². The largest absolute Gasteiger partial charge is 0.503 e. The number of nitrogens with zero attached hydrogens (tertiary/aromatic N) is 1. The molecular weight excluding hydrogens is 304 g/mol. The van der Waals surface area contributed by atoms with Crippen LogP contribution in [-0.2, 0) is 9.59 Å². The second-order valence-electron chi connectivity index (χ2n) is 5.84. The second kappa shape index (κ2) is 8.43. The molecule has 3 N–H and O–H groups in total. The minimum absolute atomic E-state index is 0.0615. The molecule has 1 rings (SSSR count). The quantitative estimate of drug-likeness (QED) is 0.468. The number of unbranched alkanes of at least 4 members (excludes halogenated alkanes) is 1. The van der Waals surface area contributed by atoms with Gasteiger partial charge in [-0.2, -0.15) is 11.8 Å². The average molecular weight is 330 g/mol. The number of nitrogens with one attached hydrogen (secondary N) is 1. The van der Waals surface area contributed by atoms with E-state index in [1.54, 1.807) is 5.48 Å². The molecule has 0 saturated carbocycles. The fourth-order valence-electron chi connectivity index (χ4n) is 2.93. The molecule has 0 aliphatic carbocycles. The van der Waals surface area contributed by atoms with Crippen molar-refractivity contribution in [3.63, 3.8) is 0 Å². The summed E-state index contributed by atoms with van der Waals surface area (Å²) in [6, 6.07) is -1.09. The van der Waals surface area contributed by atoms with Crippen molar-refractivity contribution in [2.75, 3.05) is 12.0 Å². The van der Waals surface area contributed by atoms with Gasteiger partial charge < -0.3 is 10.0 Å². The van der Waals surface area contributed by atoms with Gasteiger partial charge in [-0.1, -0.05) is 33.6 Å². The van der Waals surface area contributed by atoms with Gasteiger partial charge >= 0.3 is 0 Å². The smallest absolute Gasteiger partial charge is 0.289 e. The standard InChI is InChI=1S/C15H26N2O4S/c1-5-6-7-11(14(19)16-21)17-12(9(2)3)10(8-22-4)13(18)15(17)20/h9,11-12,18,21H,5-8H2,1-4H3,(H,16,19). The first-order chi connectivity index (χ1) is 10.4. The van der Waals surface area contributed by atoms with Gasteiger partial charge in [-0.25, -0.2) is 5.48 Å². The van der Waals surface area contributed by atoms with E-state index in [-0.39, 0.29) is 17.7 Å². The van der Waals surface area contributed by atoms with E-state index in [2.05, 4.69) is 0 Å². The Hall–Kier alpha value is -1.21. The normalized spacial score (nSPS) is 20.0. The first-order valence-electron chi connectivity index (χ1n) is 7.58. The molecule has 0 fully saturated rings. The van der Waals surface area contributed by atoms with Crippen LogP contribution >= 0.6 is 11.8 Å². The van der Waals surface area contributed by atoms with Gasteiger partial charge in [-0.15, -0.1) is 0 Å². The number of aliphatic hydroxyl groups excluding tert-OH is 1. The number of aliphatic hydroxyl groups is 1. The lowest BCUT2D eigenvalue weighted by atomic mass is 9.95. The van der Waals surface area contributed by atoms with Gasteiger partial charge in [0.1, 0.15) is 6.04 Å². The minimum atomic E-state index is -0.772. The summed E-state index contributed by atoms with van der Waals surface area (Å²) in [6.07, 6.45) is 3.99. The predicted molar refractivity (Wildman–Crippen MR) is 86.8 cm³/mol. The van der Waals surface area contributed by atoms with Gasteiger partial charge in [-0.05, 0) is 18.6 Å². The number of amides is 2. The molecular formula is C15H26N2O4S. The summed E-state index contributed by atoms with van der Waals surface area (Å²) in [5.74, 6) is -0.775. The van der Waals surface area contributed by atoms with Crippen molar-refractivity contribution >= 4 is 23.6 Å². The van der Waals surface area contributed by atoms with Crippen molar-refractivity contribution in [2.24, 2.45) is 5.92 Å². The Morgan fingerprint density at radius 1 is 1.45 bits per heavy atom. The van der Waals surface area contributed by atoms with E-state index >= 15 is 0 Å². The van der Waals surface area contributed by atoms with E-state index in [0.29, 0.717) is 17.7 Å². The SMILES string of the molecule is CCCCC(C(=O)NO)N1C(=O)C(O)=C(CSC)C1C(C)C. The second-order valence-corrected chi connectivity index (χ2v) is 6.71. The fourth-order valence-corrected chi connectivity index (χ4v) is 3.55. The predicted octanol–water partition coefficient (Wildman–Crippen LogP) is 2.09. The summed E-state index contributed by atoms with van der Waals surface area (Å²) in [6.45, 7) is 5.91. The lowest BCUT2D eigenvalue weighted by Gasteiger charge is -2.35. The average Bonchev–Trinajstić information content (AvgIpc) is 2.73. The first kappa shape index (κ1) is 18.8. The third-order valence-corrected chi connectivity index (χ3v) is 4.51. The van der Waals surface area contributed by atoms with E-state index in [1.807, 2.05) is 27.0 Å². The van der Waals surface area contributed by atoms with Crippen LogP contribution in [0.15, 0.2) is 11.3 Å². The highest BCUT2D eigenvalue weighted by atomic mass is 32.2. The molecule has 126 valence electrons. The van der Waals surface area contributed by atoms with Crippen LogP contribution in [0.2, 0.25) is 0 Å². The maximum absolute atomic E-state index is 12.5. The molecule has 2 atom stereocenters. The van der Waals surface area contributed by atoms with Crippen LogP contribution in [0, 0.1) is 5.92 Å². The van der Waals surface area contributed by atoms with Crippen molar-refractivity contribution in [2.45, 2.75) is 52.1 Å². The molecule has 0 aromatic rings. The number of hydrogen-bond donors (Lipinski definition) is 3. The molecule has 0 bridgehead atoms. The van der Waals surface area contributed by atoms with Crippen LogP contribution < -0.4 is 5.48 Å². The van der Waals surface area contributed by atoms with Gasteiger partial charge in [0.2, 0.25) is 0 Å². The highest BCUT2D eigenvalue weighted by molar-refractivity contribution is 7.98. The van der Waals surface area contributed by atoms with Crippen molar-refractivity contribution in [1.29, 1.82) is 0 Å². The van der Waals surface area contributed by atoms with E-state index in [1.165, 1.54) is 16.7 Å². The Balaban J connectivity index is 3.18. The molecule has 1 aliphatic heterocycles. The van der Waals surface area contributed by atoms with Crippen LogP contribution in [0.25, 0.3) is 0 Å². The summed E-state index contributed by atoms with van der Waals surface area (Å²) in [5.41, 5.74) is 2.32. The maximum Gasteiger partial charge on any atom is 0.289 e. The zero-order valence-electron chi connectivity index (χ0n) is 13.6. The van der Waals surface area contributed by atoms with Crippen molar-refractivity contribution in [3.05, 3.63) is 11.3 Å². The topological polar surface area (TPSA) is 89.9 Å². The molecule has 0 radical (unpaired) electrons. The third kappa shape index (κ3) is 3.76. The molecule has 7 heteroatoms. The minimum Gasteiger partial charge on any atom is -0.503 e. The van der Waals surface area contributed by atoms with Crippen molar-refractivity contribution < 1.29 is 19.9 Å². The number of hydrogen-bond acceptors (Lipinski definition) is 5. The fraction of sp³-hybridized carbons (Fsp3) is 0.733. The summed E-state index contributed by atoms with van der Waals surface area (Å²) >= 11 is 1.52. The summed E-state index contributed by atoms with van der Waals surface area (Å²) in [7, 11) is 0. The van der Waals surface area contributed by atoms with Crippen molar-refractivity contribution in [3.8, 4) is 0 Å². The monoisotopic (exact) mass is 330 g/mol. The molecule has 6 nitrogen and oxygen atoms in total. The molecule has 0 spiro atoms. The molecule has 1 heterocycles. The Morgan fingerprint density at radius 3 is 2.55 bits per heavy atom. The summed E-state index contributed by atoms with van der Waals surface area (Å²) in [5, 5.41) is 19.2.